The van der Waals surface area contributed by atoms with Gasteiger partial charge >= 0.3 is 0 Å². The normalized spacial score (nSPS) is 11.8. The third-order valence-corrected chi connectivity index (χ3v) is 2.37. The lowest BCUT2D eigenvalue weighted by Crippen LogP contribution is -2.34. The maximum absolute atomic E-state index is 13.3. The molecule has 0 saturated carbocycles. The fraction of sp³-hybridized carbons (Fsp3) is 0.455. The quantitative estimate of drug-likeness (QED) is 0.885. The standard InChI is InChI=1S/C11H15BrFNO/c1-11(2,15)7-14-6-8-5-9(12)3-4-10(8)13/h3-5,14-15H,6-7H2,1-2H3. The number of hydrogen-bond donors (Lipinski definition) is 2. The molecule has 2 N–H and O–H groups in total. The predicted molar refractivity (Wildman–Crippen MR) is 62.1 cm³/mol. The topological polar surface area (TPSA) is 32.3 Å². The van der Waals surface area contributed by atoms with E-state index >= 15 is 0 Å². The highest BCUT2D eigenvalue weighted by atomic mass is 79.9. The van der Waals surface area contributed by atoms with Crippen LogP contribution in [0.3, 0.4) is 0 Å². The van der Waals surface area contributed by atoms with Crippen LogP contribution < -0.4 is 5.32 Å². The number of benzene rings is 1. The van der Waals surface area contributed by atoms with Crippen LogP contribution in [0.4, 0.5) is 4.39 Å². The van der Waals surface area contributed by atoms with Gasteiger partial charge < -0.3 is 10.4 Å². The molecule has 0 heterocycles. The summed E-state index contributed by atoms with van der Waals surface area (Å²) in [5.74, 6) is -0.235. The first-order valence-electron chi connectivity index (χ1n) is 4.75. The van der Waals surface area contributed by atoms with Gasteiger partial charge in [0.2, 0.25) is 0 Å². The van der Waals surface area contributed by atoms with Crippen molar-refractivity contribution in [2.24, 2.45) is 0 Å². The Morgan fingerprint density at radius 3 is 2.73 bits per heavy atom. The maximum atomic E-state index is 13.3. The third kappa shape index (κ3) is 4.73. The highest BCUT2D eigenvalue weighted by Crippen LogP contribution is 2.15. The molecule has 0 aliphatic rings. The van der Waals surface area contributed by atoms with Gasteiger partial charge in [-0.25, -0.2) is 4.39 Å². The lowest BCUT2D eigenvalue weighted by molar-refractivity contribution is 0.0794. The lowest BCUT2D eigenvalue weighted by atomic mass is 10.1. The minimum atomic E-state index is -0.775. The van der Waals surface area contributed by atoms with Crippen LogP contribution in [0.15, 0.2) is 22.7 Å². The first-order chi connectivity index (χ1) is 6.88. The molecule has 1 rings (SSSR count). The fourth-order valence-electron chi connectivity index (χ4n) is 1.18. The summed E-state index contributed by atoms with van der Waals surface area (Å²) in [5.41, 5.74) is -0.184. The minimum Gasteiger partial charge on any atom is -0.389 e. The Kier molecular flexibility index (Phi) is 4.25. The van der Waals surface area contributed by atoms with Gasteiger partial charge in [-0.15, -0.1) is 0 Å². The van der Waals surface area contributed by atoms with Crippen LogP contribution in [0, 0.1) is 5.82 Å². The van der Waals surface area contributed by atoms with Crippen LogP contribution in [0.5, 0.6) is 0 Å². The Morgan fingerprint density at radius 1 is 1.47 bits per heavy atom. The van der Waals surface area contributed by atoms with E-state index in [4.69, 9.17) is 0 Å². The number of aliphatic hydroxyl groups is 1. The van der Waals surface area contributed by atoms with Crippen molar-refractivity contribution in [1.82, 2.24) is 5.32 Å². The van der Waals surface area contributed by atoms with E-state index in [1.54, 1.807) is 26.0 Å². The summed E-state index contributed by atoms with van der Waals surface area (Å²) in [6.45, 7) is 4.25. The van der Waals surface area contributed by atoms with Gasteiger partial charge in [-0.2, -0.15) is 0 Å². The molecule has 0 bridgehead atoms. The predicted octanol–water partition coefficient (Wildman–Crippen LogP) is 2.45. The van der Waals surface area contributed by atoms with E-state index in [-0.39, 0.29) is 5.82 Å². The maximum Gasteiger partial charge on any atom is 0.127 e. The van der Waals surface area contributed by atoms with Crippen molar-refractivity contribution in [3.05, 3.63) is 34.1 Å². The van der Waals surface area contributed by atoms with Crippen LogP contribution >= 0.6 is 15.9 Å². The highest BCUT2D eigenvalue weighted by molar-refractivity contribution is 9.10. The molecule has 1 aromatic carbocycles. The molecule has 0 saturated heterocycles. The van der Waals surface area contributed by atoms with Gasteiger partial charge in [0.15, 0.2) is 0 Å². The van der Waals surface area contributed by atoms with Crippen molar-refractivity contribution >= 4 is 15.9 Å². The average Bonchev–Trinajstić information content (AvgIpc) is 2.09. The van der Waals surface area contributed by atoms with Crippen molar-refractivity contribution in [2.45, 2.75) is 26.0 Å². The third-order valence-electron chi connectivity index (χ3n) is 1.88. The van der Waals surface area contributed by atoms with E-state index in [9.17, 15) is 9.50 Å². The molecule has 0 unspecified atom stereocenters. The van der Waals surface area contributed by atoms with Crippen molar-refractivity contribution in [3.63, 3.8) is 0 Å². The smallest absolute Gasteiger partial charge is 0.127 e. The van der Waals surface area contributed by atoms with Crippen molar-refractivity contribution < 1.29 is 9.50 Å². The molecule has 0 aliphatic carbocycles. The molecule has 0 aromatic heterocycles. The Morgan fingerprint density at radius 2 is 2.13 bits per heavy atom. The Balaban J connectivity index is 2.54. The first kappa shape index (κ1) is 12.6. The molecule has 4 heteroatoms. The number of nitrogens with one attached hydrogen (secondary N) is 1. The van der Waals surface area contributed by atoms with E-state index in [1.165, 1.54) is 6.07 Å². The van der Waals surface area contributed by atoms with Gasteiger partial charge in [0.25, 0.3) is 0 Å². The van der Waals surface area contributed by atoms with Gasteiger partial charge in [0.1, 0.15) is 5.82 Å². The number of hydrogen-bond acceptors (Lipinski definition) is 2. The molecule has 15 heavy (non-hydrogen) atoms. The molecule has 84 valence electrons. The van der Waals surface area contributed by atoms with Crippen LogP contribution in [-0.4, -0.2) is 17.3 Å². The summed E-state index contributed by atoms with van der Waals surface area (Å²) < 4.78 is 14.1. The largest absolute Gasteiger partial charge is 0.389 e. The van der Waals surface area contributed by atoms with Crippen LogP contribution in [0.25, 0.3) is 0 Å². The van der Waals surface area contributed by atoms with Gasteiger partial charge in [-0.3, -0.25) is 0 Å². The van der Waals surface area contributed by atoms with Crippen molar-refractivity contribution in [1.29, 1.82) is 0 Å². The highest BCUT2D eigenvalue weighted by Gasteiger charge is 2.11. The number of halogens is 2. The Labute approximate surface area is 97.6 Å². The minimum absolute atomic E-state index is 0.235. The Bertz CT molecular complexity index is 336. The second-order valence-corrected chi connectivity index (χ2v) is 5.07. The van der Waals surface area contributed by atoms with Crippen LogP contribution in [0.1, 0.15) is 19.4 Å². The molecule has 0 atom stereocenters. The molecule has 0 spiro atoms. The summed E-state index contributed by atoms with van der Waals surface area (Å²) in [6.07, 6.45) is 0. The second-order valence-electron chi connectivity index (χ2n) is 4.15. The molecular formula is C11H15BrFNO. The molecular weight excluding hydrogens is 261 g/mol. The molecule has 0 radical (unpaired) electrons. The first-order valence-corrected chi connectivity index (χ1v) is 5.55. The lowest BCUT2D eigenvalue weighted by Gasteiger charge is -2.17. The van der Waals surface area contributed by atoms with E-state index in [2.05, 4.69) is 21.2 Å². The van der Waals surface area contributed by atoms with E-state index in [0.717, 1.165) is 4.47 Å². The summed E-state index contributed by atoms with van der Waals surface area (Å²) >= 11 is 3.28. The van der Waals surface area contributed by atoms with Crippen LogP contribution in [0.2, 0.25) is 0 Å². The molecule has 1 aromatic rings. The zero-order valence-corrected chi connectivity index (χ0v) is 10.4. The van der Waals surface area contributed by atoms with Crippen LogP contribution in [-0.2, 0) is 6.54 Å². The fourth-order valence-corrected chi connectivity index (χ4v) is 1.59. The summed E-state index contributed by atoms with van der Waals surface area (Å²) in [4.78, 5) is 0. The SMILES string of the molecule is CC(C)(O)CNCc1cc(Br)ccc1F. The monoisotopic (exact) mass is 275 g/mol. The van der Waals surface area contributed by atoms with E-state index in [0.29, 0.717) is 18.7 Å². The van der Waals surface area contributed by atoms with Gasteiger partial charge in [0, 0.05) is 23.1 Å². The van der Waals surface area contributed by atoms with Gasteiger partial charge in [-0.05, 0) is 32.0 Å². The van der Waals surface area contributed by atoms with Gasteiger partial charge in [-0.1, -0.05) is 15.9 Å². The molecule has 0 amide bonds. The molecule has 2 nitrogen and oxygen atoms in total. The zero-order chi connectivity index (χ0) is 11.5. The average molecular weight is 276 g/mol. The van der Waals surface area contributed by atoms with Gasteiger partial charge in [0.05, 0.1) is 5.60 Å². The molecule has 0 fully saturated rings. The summed E-state index contributed by atoms with van der Waals surface area (Å²) in [7, 11) is 0. The summed E-state index contributed by atoms with van der Waals surface area (Å²) in [5, 5.41) is 12.5. The molecule has 0 aliphatic heterocycles. The van der Waals surface area contributed by atoms with E-state index in [1.807, 2.05) is 0 Å². The van der Waals surface area contributed by atoms with E-state index < -0.39 is 5.60 Å². The second kappa shape index (κ2) is 5.05. The summed E-state index contributed by atoms with van der Waals surface area (Å²) in [6, 6.07) is 4.81. The number of rotatable bonds is 4. The Hall–Kier alpha value is -0.450. The van der Waals surface area contributed by atoms with Crippen molar-refractivity contribution in [2.75, 3.05) is 6.54 Å². The van der Waals surface area contributed by atoms with Crippen molar-refractivity contribution in [3.8, 4) is 0 Å². The zero-order valence-electron chi connectivity index (χ0n) is 8.85.